The van der Waals surface area contributed by atoms with Gasteiger partial charge in [-0.1, -0.05) is 51.0 Å². The van der Waals surface area contributed by atoms with Gasteiger partial charge in [0, 0.05) is 17.8 Å². The number of ether oxygens (including phenoxy) is 1. The predicted molar refractivity (Wildman–Crippen MR) is 145 cm³/mol. The van der Waals surface area contributed by atoms with Gasteiger partial charge in [-0.05, 0) is 64.6 Å². The number of nitrogens with one attached hydrogen (secondary N) is 1. The molecule has 1 aliphatic carbocycles. The maximum absolute atomic E-state index is 14.0. The lowest BCUT2D eigenvalue weighted by molar-refractivity contribution is -0.123. The first kappa shape index (κ1) is 26.1. The Labute approximate surface area is 227 Å². The van der Waals surface area contributed by atoms with Crippen molar-refractivity contribution in [1.29, 1.82) is 0 Å². The maximum atomic E-state index is 14.0. The van der Waals surface area contributed by atoms with E-state index in [0.717, 1.165) is 31.2 Å². The molecule has 0 saturated heterocycles. The molecule has 39 heavy (non-hydrogen) atoms. The van der Waals surface area contributed by atoms with Gasteiger partial charge in [-0.25, -0.2) is 0 Å². The summed E-state index contributed by atoms with van der Waals surface area (Å²) in [6, 6.07) is 15.4. The van der Waals surface area contributed by atoms with Gasteiger partial charge in [0.2, 0.25) is 5.91 Å². The third-order valence-corrected chi connectivity index (χ3v) is 7.12. The molecule has 0 aliphatic heterocycles. The topological polar surface area (TPSA) is 115 Å². The zero-order valence-corrected chi connectivity index (χ0v) is 22.3. The molecule has 10 nitrogen and oxygen atoms in total. The lowest BCUT2D eigenvalue weighted by atomic mass is 9.97. The molecule has 4 aromatic rings. The van der Waals surface area contributed by atoms with E-state index in [1.807, 2.05) is 24.3 Å². The molecule has 0 unspecified atom stereocenters. The van der Waals surface area contributed by atoms with Crippen molar-refractivity contribution in [3.8, 4) is 11.4 Å². The fourth-order valence-corrected chi connectivity index (χ4v) is 5.01. The van der Waals surface area contributed by atoms with Crippen LogP contribution in [0.2, 0.25) is 0 Å². The lowest BCUT2D eigenvalue weighted by Gasteiger charge is -2.32. The van der Waals surface area contributed by atoms with Gasteiger partial charge in [0.15, 0.2) is 5.76 Å². The van der Waals surface area contributed by atoms with E-state index >= 15 is 0 Å². The number of hydrogen-bond donors (Lipinski definition) is 1. The summed E-state index contributed by atoms with van der Waals surface area (Å²) in [6.07, 6.45) is 6.89. The van der Waals surface area contributed by atoms with Gasteiger partial charge in [-0.15, -0.1) is 5.10 Å². The average Bonchev–Trinajstić information content (AvgIpc) is 3.75. The monoisotopic (exact) mass is 528 g/mol. The average molecular weight is 529 g/mol. The molecule has 1 saturated carbocycles. The summed E-state index contributed by atoms with van der Waals surface area (Å²) >= 11 is 0. The Balaban J connectivity index is 1.63. The number of rotatable bonds is 9. The third-order valence-electron chi connectivity index (χ3n) is 7.12. The molecule has 1 fully saturated rings. The van der Waals surface area contributed by atoms with Crippen LogP contribution in [-0.2, 0) is 4.79 Å². The molecule has 0 radical (unpaired) electrons. The zero-order chi connectivity index (χ0) is 27.4. The van der Waals surface area contributed by atoms with E-state index in [4.69, 9.17) is 9.15 Å². The SMILES string of the molecule is COc1cc(N(C(=O)c2ccco2)[C@H](C(=O)NC2CCCC2)c2ccc(C(C)C)cc2)ccc1-n1cnnn1. The number of tetrazole rings is 1. The highest BCUT2D eigenvalue weighted by atomic mass is 16.5. The quantitative estimate of drug-likeness (QED) is 0.331. The van der Waals surface area contributed by atoms with E-state index in [9.17, 15) is 9.59 Å². The largest absolute Gasteiger partial charge is 0.494 e. The Kier molecular flexibility index (Phi) is 7.72. The fourth-order valence-electron chi connectivity index (χ4n) is 5.01. The summed E-state index contributed by atoms with van der Waals surface area (Å²) in [7, 11) is 1.53. The third kappa shape index (κ3) is 5.55. The van der Waals surface area contributed by atoms with Crippen molar-refractivity contribution in [2.45, 2.75) is 57.5 Å². The second-order valence-electron chi connectivity index (χ2n) is 9.98. The Morgan fingerprint density at radius 1 is 1.08 bits per heavy atom. The molecule has 1 aliphatic rings. The van der Waals surface area contributed by atoms with E-state index < -0.39 is 11.9 Å². The number of nitrogens with zero attached hydrogens (tertiary/aromatic N) is 5. The minimum absolute atomic E-state index is 0.0761. The molecule has 1 N–H and O–H groups in total. The fraction of sp³-hybridized carbons (Fsp3) is 0.345. The second-order valence-corrected chi connectivity index (χ2v) is 9.98. The molecule has 0 spiro atoms. The van der Waals surface area contributed by atoms with Crippen LogP contribution in [0.5, 0.6) is 5.75 Å². The molecule has 5 rings (SSSR count). The molecule has 0 bridgehead atoms. The molecule has 202 valence electrons. The highest BCUT2D eigenvalue weighted by molar-refractivity contribution is 6.09. The van der Waals surface area contributed by atoms with Crippen LogP contribution < -0.4 is 15.0 Å². The Hall–Kier alpha value is -4.47. The van der Waals surface area contributed by atoms with Crippen molar-refractivity contribution < 1.29 is 18.7 Å². The number of carbonyl (C=O) groups is 2. The predicted octanol–water partition coefficient (Wildman–Crippen LogP) is 4.83. The van der Waals surface area contributed by atoms with E-state index in [0.29, 0.717) is 28.6 Å². The summed E-state index contributed by atoms with van der Waals surface area (Å²) < 4.78 is 12.6. The standard InChI is InChI=1S/C29H32N6O4/c1-19(2)20-10-12-21(13-11-20)27(28(36)31-22-7-4-5-8-22)35(29(37)25-9-6-16-39-25)23-14-15-24(26(17-23)38-3)34-18-30-32-33-34/h6,9-19,22,27H,4-5,7-8H2,1-3H3,(H,31,36)/t27-/m0/s1. The molecule has 2 aromatic heterocycles. The minimum Gasteiger partial charge on any atom is -0.494 e. The Bertz CT molecular complexity index is 1390. The normalized spacial score (nSPS) is 14.4. The van der Waals surface area contributed by atoms with E-state index in [1.54, 1.807) is 30.3 Å². The van der Waals surface area contributed by atoms with Crippen molar-refractivity contribution in [1.82, 2.24) is 25.5 Å². The van der Waals surface area contributed by atoms with Crippen molar-refractivity contribution >= 4 is 17.5 Å². The van der Waals surface area contributed by atoms with E-state index in [2.05, 4.69) is 34.7 Å². The first-order chi connectivity index (χ1) is 19.0. The number of benzene rings is 2. The van der Waals surface area contributed by atoms with Gasteiger partial charge in [-0.3, -0.25) is 14.5 Å². The summed E-state index contributed by atoms with van der Waals surface area (Å²) in [4.78, 5) is 29.5. The van der Waals surface area contributed by atoms with Gasteiger partial charge in [0.05, 0.1) is 13.4 Å². The smallest absolute Gasteiger partial charge is 0.294 e. The number of anilines is 1. The van der Waals surface area contributed by atoms with Crippen LogP contribution in [0, 0.1) is 0 Å². The molecule has 2 heterocycles. The molecule has 2 amide bonds. The van der Waals surface area contributed by atoms with Crippen molar-refractivity contribution in [2.24, 2.45) is 0 Å². The first-order valence-electron chi connectivity index (χ1n) is 13.1. The number of furan rings is 1. The van der Waals surface area contributed by atoms with Crippen LogP contribution in [0.25, 0.3) is 5.69 Å². The summed E-state index contributed by atoms with van der Waals surface area (Å²) in [5.74, 6) is 0.186. The summed E-state index contributed by atoms with van der Waals surface area (Å²) in [5.41, 5.74) is 2.89. The van der Waals surface area contributed by atoms with Crippen LogP contribution in [-0.4, -0.2) is 45.2 Å². The molecular formula is C29H32N6O4. The van der Waals surface area contributed by atoms with Crippen LogP contribution >= 0.6 is 0 Å². The molecule has 10 heteroatoms. The zero-order valence-electron chi connectivity index (χ0n) is 22.3. The number of carbonyl (C=O) groups excluding carboxylic acids is 2. The number of methoxy groups -OCH3 is 1. The van der Waals surface area contributed by atoms with Crippen molar-refractivity contribution in [3.05, 3.63) is 84.1 Å². The summed E-state index contributed by atoms with van der Waals surface area (Å²) in [6.45, 7) is 4.23. The maximum Gasteiger partial charge on any atom is 0.294 e. The van der Waals surface area contributed by atoms with E-state index in [1.165, 1.54) is 29.3 Å². The molecule has 1 atom stereocenters. The molecular weight excluding hydrogens is 496 g/mol. The lowest BCUT2D eigenvalue weighted by Crippen LogP contribution is -2.46. The van der Waals surface area contributed by atoms with Gasteiger partial charge in [0.1, 0.15) is 23.8 Å². The van der Waals surface area contributed by atoms with E-state index in [-0.39, 0.29) is 17.7 Å². The van der Waals surface area contributed by atoms with Crippen LogP contribution in [0.3, 0.4) is 0 Å². The molecule has 2 aromatic carbocycles. The number of amides is 2. The minimum atomic E-state index is -0.951. The Morgan fingerprint density at radius 3 is 2.44 bits per heavy atom. The van der Waals surface area contributed by atoms with Gasteiger partial charge in [-0.2, -0.15) is 4.68 Å². The van der Waals surface area contributed by atoms with Crippen molar-refractivity contribution in [2.75, 3.05) is 12.0 Å². The first-order valence-corrected chi connectivity index (χ1v) is 13.1. The van der Waals surface area contributed by atoms with Gasteiger partial charge < -0.3 is 14.5 Å². The number of aromatic nitrogens is 4. The second kappa shape index (κ2) is 11.5. The number of hydrogen-bond acceptors (Lipinski definition) is 7. The van der Waals surface area contributed by atoms with Crippen LogP contribution in [0.1, 0.15) is 73.2 Å². The van der Waals surface area contributed by atoms with Crippen LogP contribution in [0.15, 0.2) is 71.6 Å². The van der Waals surface area contributed by atoms with Gasteiger partial charge >= 0.3 is 0 Å². The Morgan fingerprint density at radius 2 is 1.82 bits per heavy atom. The highest BCUT2D eigenvalue weighted by Gasteiger charge is 2.36. The van der Waals surface area contributed by atoms with Crippen LogP contribution in [0.4, 0.5) is 5.69 Å². The van der Waals surface area contributed by atoms with Gasteiger partial charge in [0.25, 0.3) is 5.91 Å². The highest BCUT2D eigenvalue weighted by Crippen LogP contribution is 2.35. The van der Waals surface area contributed by atoms with Crippen molar-refractivity contribution in [3.63, 3.8) is 0 Å². The summed E-state index contributed by atoms with van der Waals surface area (Å²) in [5, 5.41) is 14.6.